The van der Waals surface area contributed by atoms with E-state index in [1.807, 2.05) is 13.0 Å². The molecule has 0 spiro atoms. The molecule has 1 saturated heterocycles. The quantitative estimate of drug-likeness (QED) is 0.836. The second kappa shape index (κ2) is 7.21. The molecule has 1 aromatic heterocycles. The third-order valence-electron chi connectivity index (χ3n) is 4.08. The molecule has 0 aromatic carbocycles. The molecule has 1 N–H and O–H groups in total. The Morgan fingerprint density at radius 3 is 2.48 bits per heavy atom. The van der Waals surface area contributed by atoms with Crippen LogP contribution >= 0.6 is 0 Å². The van der Waals surface area contributed by atoms with Crippen LogP contribution in [0.3, 0.4) is 0 Å². The molecule has 0 aliphatic carbocycles. The summed E-state index contributed by atoms with van der Waals surface area (Å²) in [5.41, 5.74) is 1.18. The van der Waals surface area contributed by atoms with E-state index in [0.717, 1.165) is 5.56 Å². The first-order valence-electron chi connectivity index (χ1n) is 7.62. The van der Waals surface area contributed by atoms with Gasteiger partial charge in [0.2, 0.25) is 11.8 Å². The van der Waals surface area contributed by atoms with E-state index in [9.17, 15) is 14.4 Å². The van der Waals surface area contributed by atoms with Crippen molar-refractivity contribution in [3.8, 4) is 0 Å². The molecule has 0 bridgehead atoms. The maximum atomic E-state index is 12.7. The molecule has 2 heterocycles. The number of aromatic nitrogens is 1. The number of nitrogens with zero attached hydrogens (tertiary/aromatic N) is 3. The zero-order valence-corrected chi connectivity index (χ0v) is 13.7. The lowest BCUT2D eigenvalue weighted by atomic mass is 10.1. The van der Waals surface area contributed by atoms with Gasteiger partial charge in [-0.15, -0.1) is 0 Å². The van der Waals surface area contributed by atoms with Crippen molar-refractivity contribution in [1.29, 1.82) is 0 Å². The lowest BCUT2D eigenvalue weighted by Crippen LogP contribution is -2.42. The van der Waals surface area contributed by atoms with Crippen LogP contribution in [0.1, 0.15) is 23.0 Å². The molecule has 1 aliphatic rings. The van der Waals surface area contributed by atoms with E-state index in [4.69, 9.17) is 0 Å². The summed E-state index contributed by atoms with van der Waals surface area (Å²) in [7, 11) is 1.56. The standard InChI is InChI=1S/C16H22N4O3/c1-11-5-4-6-18-14(11)16(23)20-8-7-19(12(2)21)9-13(10-20)15(22)17-3/h4-6,13H,7-10H2,1-3H3,(H,17,22). The van der Waals surface area contributed by atoms with Crippen LogP contribution in [0.5, 0.6) is 0 Å². The summed E-state index contributed by atoms with van der Waals surface area (Å²) in [5.74, 6) is -0.919. The summed E-state index contributed by atoms with van der Waals surface area (Å²) < 4.78 is 0. The SMILES string of the molecule is CNC(=O)C1CN(C(C)=O)CCN(C(=O)c2ncccc2C)C1. The first-order valence-corrected chi connectivity index (χ1v) is 7.62. The van der Waals surface area contributed by atoms with Crippen LogP contribution in [-0.4, -0.2) is 65.7 Å². The van der Waals surface area contributed by atoms with Crippen LogP contribution < -0.4 is 5.32 Å². The van der Waals surface area contributed by atoms with Crippen LogP contribution in [0.2, 0.25) is 0 Å². The Balaban J connectivity index is 2.24. The van der Waals surface area contributed by atoms with E-state index in [0.29, 0.717) is 25.3 Å². The fourth-order valence-electron chi connectivity index (χ4n) is 2.71. The molecule has 23 heavy (non-hydrogen) atoms. The highest BCUT2D eigenvalue weighted by molar-refractivity contribution is 5.94. The maximum Gasteiger partial charge on any atom is 0.272 e. The van der Waals surface area contributed by atoms with Crippen LogP contribution in [0.15, 0.2) is 18.3 Å². The number of carbonyl (C=O) groups is 3. The van der Waals surface area contributed by atoms with Gasteiger partial charge in [-0.05, 0) is 18.6 Å². The second-order valence-corrected chi connectivity index (χ2v) is 5.70. The number of rotatable bonds is 2. The molecule has 2 rings (SSSR count). The van der Waals surface area contributed by atoms with E-state index in [1.54, 1.807) is 29.1 Å². The first-order chi connectivity index (χ1) is 10.9. The highest BCUT2D eigenvalue weighted by Crippen LogP contribution is 2.14. The summed E-state index contributed by atoms with van der Waals surface area (Å²) in [5, 5.41) is 2.60. The summed E-state index contributed by atoms with van der Waals surface area (Å²) in [4.78, 5) is 43.9. The number of carbonyl (C=O) groups excluding carboxylic acids is 3. The third kappa shape index (κ3) is 3.85. The van der Waals surface area contributed by atoms with Crippen LogP contribution in [0.4, 0.5) is 0 Å². The fraction of sp³-hybridized carbons (Fsp3) is 0.500. The maximum absolute atomic E-state index is 12.7. The lowest BCUT2D eigenvalue weighted by Gasteiger charge is -2.23. The molecule has 1 unspecified atom stereocenters. The average Bonchev–Trinajstić information content (AvgIpc) is 2.77. The number of hydrogen-bond donors (Lipinski definition) is 1. The molecular weight excluding hydrogens is 296 g/mol. The molecule has 7 nitrogen and oxygen atoms in total. The number of amides is 3. The Morgan fingerprint density at radius 2 is 1.87 bits per heavy atom. The smallest absolute Gasteiger partial charge is 0.272 e. The van der Waals surface area contributed by atoms with Crippen molar-refractivity contribution < 1.29 is 14.4 Å². The second-order valence-electron chi connectivity index (χ2n) is 5.70. The Kier molecular flexibility index (Phi) is 5.31. The molecule has 1 atom stereocenters. The van der Waals surface area contributed by atoms with Crippen molar-refractivity contribution in [1.82, 2.24) is 20.1 Å². The molecule has 1 aliphatic heterocycles. The van der Waals surface area contributed by atoms with Crippen molar-refractivity contribution in [3.63, 3.8) is 0 Å². The van der Waals surface area contributed by atoms with E-state index in [1.165, 1.54) is 6.92 Å². The largest absolute Gasteiger partial charge is 0.359 e. The summed E-state index contributed by atoms with van der Waals surface area (Å²) >= 11 is 0. The highest BCUT2D eigenvalue weighted by Gasteiger charge is 2.31. The molecule has 0 saturated carbocycles. The average molecular weight is 318 g/mol. The van der Waals surface area contributed by atoms with Gasteiger partial charge in [0.25, 0.3) is 5.91 Å². The van der Waals surface area contributed by atoms with E-state index < -0.39 is 5.92 Å². The minimum absolute atomic E-state index is 0.0952. The van der Waals surface area contributed by atoms with Crippen molar-refractivity contribution in [2.75, 3.05) is 33.2 Å². The fourth-order valence-corrected chi connectivity index (χ4v) is 2.71. The topological polar surface area (TPSA) is 82.6 Å². The lowest BCUT2D eigenvalue weighted by molar-refractivity contribution is -0.130. The summed E-state index contributed by atoms with van der Waals surface area (Å²) in [6, 6.07) is 3.61. The minimum atomic E-state index is -0.445. The van der Waals surface area contributed by atoms with E-state index in [-0.39, 0.29) is 24.3 Å². The van der Waals surface area contributed by atoms with E-state index >= 15 is 0 Å². The molecule has 1 fully saturated rings. The van der Waals surface area contributed by atoms with Gasteiger partial charge in [-0.1, -0.05) is 6.07 Å². The van der Waals surface area contributed by atoms with Gasteiger partial charge in [-0.3, -0.25) is 19.4 Å². The van der Waals surface area contributed by atoms with Crippen molar-refractivity contribution in [2.24, 2.45) is 5.92 Å². The summed E-state index contributed by atoms with van der Waals surface area (Å²) in [6.07, 6.45) is 1.58. The van der Waals surface area contributed by atoms with Gasteiger partial charge < -0.3 is 15.1 Å². The van der Waals surface area contributed by atoms with Crippen molar-refractivity contribution in [2.45, 2.75) is 13.8 Å². The molecule has 1 aromatic rings. The molecule has 3 amide bonds. The number of aryl methyl sites for hydroxylation is 1. The Morgan fingerprint density at radius 1 is 1.22 bits per heavy atom. The zero-order valence-electron chi connectivity index (χ0n) is 13.7. The molecule has 124 valence electrons. The van der Waals surface area contributed by atoms with Gasteiger partial charge in [-0.25, -0.2) is 0 Å². The van der Waals surface area contributed by atoms with Gasteiger partial charge in [0, 0.05) is 46.3 Å². The van der Waals surface area contributed by atoms with Gasteiger partial charge in [0.1, 0.15) is 5.69 Å². The predicted molar refractivity (Wildman–Crippen MR) is 84.7 cm³/mol. The number of pyridine rings is 1. The normalized spacial score (nSPS) is 18.3. The summed E-state index contributed by atoms with van der Waals surface area (Å²) in [6.45, 7) is 4.71. The van der Waals surface area contributed by atoms with Crippen LogP contribution in [0, 0.1) is 12.8 Å². The van der Waals surface area contributed by atoms with Crippen LogP contribution in [0.25, 0.3) is 0 Å². The first kappa shape index (κ1) is 16.9. The zero-order chi connectivity index (χ0) is 17.0. The monoisotopic (exact) mass is 318 g/mol. The van der Waals surface area contributed by atoms with Crippen molar-refractivity contribution in [3.05, 3.63) is 29.6 Å². The van der Waals surface area contributed by atoms with Gasteiger partial charge in [0.05, 0.1) is 5.92 Å². The van der Waals surface area contributed by atoms with Crippen molar-refractivity contribution >= 4 is 17.7 Å². The van der Waals surface area contributed by atoms with Gasteiger partial charge >= 0.3 is 0 Å². The molecule has 0 radical (unpaired) electrons. The molecule has 7 heteroatoms. The molecular formula is C16H22N4O3. The Labute approximate surface area is 135 Å². The Bertz CT molecular complexity index is 617. The van der Waals surface area contributed by atoms with Crippen LogP contribution in [-0.2, 0) is 9.59 Å². The number of nitrogens with one attached hydrogen (secondary N) is 1. The van der Waals surface area contributed by atoms with Gasteiger partial charge in [0.15, 0.2) is 0 Å². The highest BCUT2D eigenvalue weighted by atomic mass is 16.2. The number of hydrogen-bond acceptors (Lipinski definition) is 4. The third-order valence-corrected chi connectivity index (χ3v) is 4.08. The minimum Gasteiger partial charge on any atom is -0.359 e. The Hall–Kier alpha value is -2.44. The van der Waals surface area contributed by atoms with Gasteiger partial charge in [-0.2, -0.15) is 0 Å². The van der Waals surface area contributed by atoms with E-state index in [2.05, 4.69) is 10.3 Å². The predicted octanol–water partition coefficient (Wildman–Crippen LogP) is 0.0565.